The molecular weight excluding hydrogens is 471 g/mol. The Bertz CT molecular complexity index is 838. The van der Waals surface area contributed by atoms with Crippen molar-refractivity contribution >= 4 is 23.8 Å². The van der Waals surface area contributed by atoms with Crippen LogP contribution in [-0.2, 0) is 20.4 Å². The van der Waals surface area contributed by atoms with E-state index in [9.17, 15) is 0 Å². The molecule has 0 amide bonds. The minimum Gasteiger partial charge on any atom is -1.00 e. The molecule has 0 N–H and O–H groups in total. The maximum atomic E-state index is 2.41. The Morgan fingerprint density at radius 1 is 0.931 bits per heavy atom. The third-order valence-corrected chi connectivity index (χ3v) is 9.47. The van der Waals surface area contributed by atoms with Crippen molar-refractivity contribution in [2.75, 3.05) is 0 Å². The van der Waals surface area contributed by atoms with Crippen LogP contribution in [0.5, 0.6) is 0 Å². The van der Waals surface area contributed by atoms with Crippen LogP contribution >= 0.6 is 0 Å². The van der Waals surface area contributed by atoms with Crippen LogP contribution in [0, 0.1) is 20.8 Å². The second-order valence-electron chi connectivity index (χ2n) is 8.04. The molecule has 0 saturated carbocycles. The minimum absolute atomic E-state index is 0. The Labute approximate surface area is 210 Å². The van der Waals surface area contributed by atoms with Crippen molar-refractivity contribution in [3.63, 3.8) is 0 Å². The summed E-state index contributed by atoms with van der Waals surface area (Å²) in [5.41, 5.74) is 9.21. The number of halogens is 3. The van der Waals surface area contributed by atoms with Crippen LogP contribution in [0.15, 0.2) is 35.9 Å². The number of hydrogen-bond donors (Lipinski definition) is 0. The topological polar surface area (TPSA) is 0 Å². The van der Waals surface area contributed by atoms with Gasteiger partial charge in [0.25, 0.3) is 0 Å². The van der Waals surface area contributed by atoms with Gasteiger partial charge in [0.05, 0.1) is 0 Å². The van der Waals surface area contributed by atoms with Crippen molar-refractivity contribution in [2.45, 2.75) is 66.2 Å². The van der Waals surface area contributed by atoms with Crippen LogP contribution in [0.3, 0.4) is 0 Å². The van der Waals surface area contributed by atoms with E-state index < -0.39 is 9.52 Å². The van der Waals surface area contributed by atoms with Crippen molar-refractivity contribution in [3.05, 3.63) is 63.7 Å². The summed E-state index contributed by atoms with van der Waals surface area (Å²) in [6.45, 7) is 11.5. The number of unbranched alkanes of at least 4 members (excludes halogenated alkanes) is 2. The summed E-state index contributed by atoms with van der Waals surface area (Å²) in [5, 5.41) is 3.29. The standard InChI is InChI=1S/C24H31Si.3ClH.Ti/c1-6-7-8-10-20-17(3)15-22-21(20)11-9-12-23(22)25-24-18(4)13-16(2)14-19(24)5;;;;/h9,11-14,20H,6-8,10,25H2,1-5H3;3*1H;/q;;;;+3/p-3. The first kappa shape index (κ1) is 29.0. The van der Waals surface area contributed by atoms with E-state index in [0.717, 1.165) is 0 Å². The van der Waals surface area contributed by atoms with E-state index >= 15 is 0 Å². The van der Waals surface area contributed by atoms with E-state index in [2.05, 4.69) is 85.4 Å². The minimum atomic E-state index is -0.464. The normalized spacial score (nSPS) is 15.1. The monoisotopic (exact) mass is 500 g/mol. The molecular formula is C24H31Cl3SiTi. The predicted octanol–water partition coefficient (Wildman–Crippen LogP) is -4.30. The van der Waals surface area contributed by atoms with Gasteiger partial charge in [-0.15, -0.1) is 0 Å². The van der Waals surface area contributed by atoms with Crippen LogP contribution in [0.2, 0.25) is 0 Å². The predicted molar refractivity (Wildman–Crippen MR) is 114 cm³/mol. The van der Waals surface area contributed by atoms with Crippen molar-refractivity contribution in [2.24, 2.45) is 0 Å². The van der Waals surface area contributed by atoms with Gasteiger partial charge < -0.3 is 37.2 Å². The van der Waals surface area contributed by atoms with E-state index in [-0.39, 0.29) is 37.2 Å². The van der Waals surface area contributed by atoms with E-state index in [1.165, 1.54) is 42.4 Å². The summed E-state index contributed by atoms with van der Waals surface area (Å²) in [4.78, 5) is 0. The number of aryl methyl sites for hydroxylation is 3. The maximum absolute atomic E-state index is 2.41. The van der Waals surface area contributed by atoms with Crippen LogP contribution < -0.4 is 47.6 Å². The zero-order chi connectivity index (χ0) is 18.8. The SMILES string of the molecule is CCCCCC1C(C)=[C]([Ti+3])c2c([SiH2]c3c(C)cc(C)cc3C)cccc21.[Cl-].[Cl-].[Cl-]. The van der Waals surface area contributed by atoms with Gasteiger partial charge in [0.15, 0.2) is 0 Å². The van der Waals surface area contributed by atoms with Gasteiger partial charge >= 0.3 is 174 Å². The molecule has 1 aliphatic rings. The Hall–Kier alpha value is -0.0188. The summed E-state index contributed by atoms with van der Waals surface area (Å²) < 4.78 is 1.56. The Balaban J connectivity index is 0.00000261. The molecule has 0 nitrogen and oxygen atoms in total. The zero-order valence-electron chi connectivity index (χ0n) is 18.1. The number of fused-ring (bicyclic) bond motifs is 1. The summed E-state index contributed by atoms with van der Waals surface area (Å²) in [6, 6.07) is 11.9. The average molecular weight is 502 g/mol. The summed E-state index contributed by atoms with van der Waals surface area (Å²) in [7, 11) is -0.464. The number of benzene rings is 2. The fourth-order valence-electron chi connectivity index (χ4n) is 4.62. The van der Waals surface area contributed by atoms with Gasteiger partial charge in [0, 0.05) is 0 Å². The second-order valence-corrected chi connectivity index (χ2v) is 10.6. The molecule has 0 fully saturated rings. The number of rotatable bonds is 6. The molecule has 156 valence electrons. The van der Waals surface area contributed by atoms with Crippen molar-refractivity contribution in [1.29, 1.82) is 0 Å². The maximum Gasteiger partial charge on any atom is -1.00 e. The van der Waals surface area contributed by atoms with E-state index in [1.54, 1.807) is 31.0 Å². The summed E-state index contributed by atoms with van der Waals surface area (Å²) >= 11 is 2.36. The molecule has 3 rings (SSSR count). The largest absolute Gasteiger partial charge is 1.00 e. The second kappa shape index (κ2) is 12.7. The van der Waals surface area contributed by atoms with Crippen LogP contribution in [0.25, 0.3) is 3.88 Å². The molecule has 0 aliphatic heterocycles. The van der Waals surface area contributed by atoms with E-state index in [4.69, 9.17) is 0 Å². The molecule has 0 spiro atoms. The van der Waals surface area contributed by atoms with Crippen LogP contribution in [0.1, 0.15) is 73.3 Å². The first-order valence-electron chi connectivity index (χ1n) is 10.0. The van der Waals surface area contributed by atoms with E-state index in [1.807, 2.05) is 0 Å². The Morgan fingerprint density at radius 2 is 1.55 bits per heavy atom. The molecule has 1 unspecified atom stereocenters. The summed E-state index contributed by atoms with van der Waals surface area (Å²) in [5.74, 6) is 0.658. The number of allylic oxidation sites excluding steroid dienone is 1. The van der Waals surface area contributed by atoms with Crippen molar-refractivity contribution in [1.82, 2.24) is 0 Å². The van der Waals surface area contributed by atoms with E-state index in [0.29, 0.717) is 5.92 Å². The van der Waals surface area contributed by atoms with Gasteiger partial charge in [-0.05, 0) is 0 Å². The molecule has 0 heterocycles. The molecule has 1 atom stereocenters. The van der Waals surface area contributed by atoms with Crippen LogP contribution in [0.4, 0.5) is 0 Å². The molecule has 5 heteroatoms. The van der Waals surface area contributed by atoms with Crippen molar-refractivity contribution in [3.8, 4) is 0 Å². The fourth-order valence-corrected chi connectivity index (χ4v) is 7.60. The van der Waals surface area contributed by atoms with Gasteiger partial charge in [0.1, 0.15) is 0 Å². The molecule has 2 aromatic rings. The smallest absolute Gasteiger partial charge is 1.00 e. The average Bonchev–Trinajstić information content (AvgIpc) is 2.84. The molecule has 2 aromatic carbocycles. The van der Waals surface area contributed by atoms with Crippen LogP contribution in [-0.4, -0.2) is 9.52 Å². The van der Waals surface area contributed by atoms with Gasteiger partial charge in [0.2, 0.25) is 0 Å². The molecule has 0 saturated heterocycles. The van der Waals surface area contributed by atoms with Gasteiger partial charge in [-0.3, -0.25) is 0 Å². The quantitative estimate of drug-likeness (QED) is 0.278. The molecule has 29 heavy (non-hydrogen) atoms. The molecule has 0 aromatic heterocycles. The third kappa shape index (κ3) is 6.25. The Morgan fingerprint density at radius 3 is 2.14 bits per heavy atom. The Kier molecular flexibility index (Phi) is 12.7. The first-order chi connectivity index (χ1) is 12.4. The zero-order valence-corrected chi connectivity index (χ0v) is 23.4. The fraction of sp³-hybridized carbons (Fsp3) is 0.417. The third-order valence-electron chi connectivity index (χ3n) is 6.03. The van der Waals surface area contributed by atoms with Gasteiger partial charge in [-0.2, -0.15) is 0 Å². The first-order valence-corrected chi connectivity index (χ1v) is 12.2. The van der Waals surface area contributed by atoms with Gasteiger partial charge in [-0.1, -0.05) is 0 Å². The molecule has 0 bridgehead atoms. The molecule has 0 radical (unpaired) electrons. The number of hydrogen-bond acceptors (Lipinski definition) is 0. The summed E-state index contributed by atoms with van der Waals surface area (Å²) in [6.07, 6.45) is 5.33. The van der Waals surface area contributed by atoms with Crippen molar-refractivity contribution < 1.29 is 57.7 Å². The van der Waals surface area contributed by atoms with Gasteiger partial charge in [-0.25, -0.2) is 0 Å². The molecule has 1 aliphatic carbocycles.